The van der Waals surface area contributed by atoms with Gasteiger partial charge in [-0.05, 0) is 72.3 Å². The van der Waals surface area contributed by atoms with Gasteiger partial charge in [-0.15, -0.1) is 0 Å². The van der Waals surface area contributed by atoms with Gasteiger partial charge in [0.2, 0.25) is 0 Å². The average Bonchev–Trinajstić information content (AvgIpc) is 2.80. The van der Waals surface area contributed by atoms with Crippen molar-refractivity contribution in [3.8, 4) is 11.5 Å². The van der Waals surface area contributed by atoms with Crippen LogP contribution in [0.4, 0.5) is 0 Å². The van der Waals surface area contributed by atoms with Crippen molar-refractivity contribution in [1.82, 2.24) is 9.66 Å². The molecule has 34 heavy (non-hydrogen) atoms. The number of methoxy groups -OCH3 is 1. The summed E-state index contributed by atoms with van der Waals surface area (Å²) < 4.78 is 19.1. The van der Waals surface area contributed by atoms with Gasteiger partial charge < -0.3 is 14.2 Å². The fourth-order valence-corrected chi connectivity index (χ4v) is 4.32. The molecule has 0 spiro atoms. The number of halogens is 2. The molecule has 1 heterocycles. The van der Waals surface area contributed by atoms with Crippen LogP contribution in [-0.2, 0) is 9.53 Å². The first-order valence-corrected chi connectivity index (χ1v) is 12.5. The summed E-state index contributed by atoms with van der Waals surface area (Å²) in [5, 5.41) is 4.95. The number of aromatic nitrogens is 2. The summed E-state index contributed by atoms with van der Waals surface area (Å²) in [7, 11) is 1.31. The van der Waals surface area contributed by atoms with Crippen LogP contribution in [0.5, 0.6) is 11.5 Å². The molecule has 0 N–H and O–H groups in total. The molecule has 0 radical (unpaired) electrons. The molecule has 180 valence electrons. The summed E-state index contributed by atoms with van der Waals surface area (Å²) in [4.78, 5) is 29.7. The fraction of sp³-hybridized carbons (Fsp3) is 0.333. The van der Waals surface area contributed by atoms with Crippen LogP contribution >= 0.6 is 38.5 Å². The van der Waals surface area contributed by atoms with E-state index in [1.807, 2.05) is 39.0 Å². The number of rotatable bonds is 8. The van der Waals surface area contributed by atoms with Gasteiger partial charge in [0.25, 0.3) is 5.56 Å². The molecule has 0 aliphatic heterocycles. The molecule has 1 aromatic heterocycles. The molecule has 8 nitrogen and oxygen atoms in total. The number of hydrogen-bond donors (Lipinski definition) is 0. The normalized spacial score (nSPS) is 12.4. The van der Waals surface area contributed by atoms with Crippen molar-refractivity contribution in [2.45, 2.75) is 39.7 Å². The highest BCUT2D eigenvalue weighted by Crippen LogP contribution is 2.35. The van der Waals surface area contributed by atoms with Crippen LogP contribution in [0.1, 0.15) is 45.0 Å². The SMILES string of the molecule is CCOc1cc(C=Nn2c(C(C)C)nc3ccc(Br)cc3c2=O)cc(I)c1O[C@@H](C)C(=O)OC. The van der Waals surface area contributed by atoms with Gasteiger partial charge >= 0.3 is 5.97 Å². The maximum atomic E-state index is 13.2. The molecule has 0 aliphatic rings. The molecule has 0 amide bonds. The van der Waals surface area contributed by atoms with E-state index in [-0.39, 0.29) is 11.5 Å². The minimum Gasteiger partial charge on any atom is -0.490 e. The van der Waals surface area contributed by atoms with Gasteiger partial charge in [-0.2, -0.15) is 9.78 Å². The monoisotopic (exact) mass is 641 g/mol. The van der Waals surface area contributed by atoms with Gasteiger partial charge in [0, 0.05) is 10.4 Å². The number of nitrogens with zero attached hydrogens (tertiary/aromatic N) is 3. The first-order valence-electron chi connectivity index (χ1n) is 10.6. The molecule has 10 heteroatoms. The molecule has 0 aliphatic carbocycles. The number of carbonyl (C=O) groups excluding carboxylic acids is 1. The van der Waals surface area contributed by atoms with E-state index in [9.17, 15) is 9.59 Å². The lowest BCUT2D eigenvalue weighted by molar-refractivity contribution is -0.148. The summed E-state index contributed by atoms with van der Waals surface area (Å²) >= 11 is 5.52. The Morgan fingerprint density at radius 3 is 2.65 bits per heavy atom. The Morgan fingerprint density at radius 1 is 1.26 bits per heavy atom. The first-order chi connectivity index (χ1) is 16.2. The third kappa shape index (κ3) is 5.77. The minimum absolute atomic E-state index is 0.0207. The van der Waals surface area contributed by atoms with E-state index in [1.54, 1.807) is 25.3 Å². The number of carbonyl (C=O) groups is 1. The van der Waals surface area contributed by atoms with E-state index in [0.29, 0.717) is 40.4 Å². The Kier molecular flexibility index (Phi) is 8.69. The molecule has 3 aromatic rings. The highest BCUT2D eigenvalue weighted by Gasteiger charge is 2.20. The minimum atomic E-state index is -0.799. The molecular weight excluding hydrogens is 617 g/mol. The molecular formula is C24H25BrIN3O5. The number of ether oxygens (including phenoxy) is 3. The standard InChI is InChI=1S/C24H25BrIN3O5/c1-6-33-20-10-15(9-18(26)21(20)34-14(4)24(31)32-5)12-27-29-22(13(2)3)28-19-8-7-16(25)11-17(19)23(29)30/h7-14H,6H2,1-5H3/t14-/m0/s1. The van der Waals surface area contributed by atoms with Gasteiger partial charge in [0.15, 0.2) is 17.6 Å². The summed E-state index contributed by atoms with van der Waals surface area (Å²) in [6.45, 7) is 7.79. The summed E-state index contributed by atoms with van der Waals surface area (Å²) in [5.74, 6) is 0.952. The number of fused-ring (bicyclic) bond motifs is 1. The van der Waals surface area contributed by atoms with Crippen LogP contribution < -0.4 is 15.0 Å². The van der Waals surface area contributed by atoms with E-state index in [2.05, 4.69) is 48.6 Å². The van der Waals surface area contributed by atoms with Crippen molar-refractivity contribution >= 4 is 61.6 Å². The molecule has 1 atom stereocenters. The van der Waals surface area contributed by atoms with Crippen molar-refractivity contribution in [3.63, 3.8) is 0 Å². The van der Waals surface area contributed by atoms with Crippen molar-refractivity contribution in [1.29, 1.82) is 0 Å². The summed E-state index contributed by atoms with van der Waals surface area (Å²) in [5.41, 5.74) is 1.07. The maximum Gasteiger partial charge on any atom is 0.346 e. The van der Waals surface area contributed by atoms with Crippen LogP contribution in [0.2, 0.25) is 0 Å². The Bertz CT molecular complexity index is 1310. The van der Waals surface area contributed by atoms with Crippen molar-refractivity contribution < 1.29 is 19.0 Å². The molecule has 0 saturated heterocycles. The van der Waals surface area contributed by atoms with Crippen LogP contribution in [0.3, 0.4) is 0 Å². The zero-order chi connectivity index (χ0) is 25.0. The lowest BCUT2D eigenvalue weighted by atomic mass is 10.2. The topological polar surface area (TPSA) is 92.0 Å². The first kappa shape index (κ1) is 26.1. The number of benzene rings is 2. The van der Waals surface area contributed by atoms with Gasteiger partial charge in [-0.3, -0.25) is 4.79 Å². The average molecular weight is 642 g/mol. The predicted octanol–water partition coefficient (Wildman–Crippen LogP) is 5.11. The molecule has 0 fully saturated rings. The zero-order valence-electron chi connectivity index (χ0n) is 19.5. The Labute approximate surface area is 219 Å². The van der Waals surface area contributed by atoms with E-state index < -0.39 is 12.1 Å². The van der Waals surface area contributed by atoms with E-state index in [4.69, 9.17) is 14.2 Å². The molecule has 3 rings (SSSR count). The quantitative estimate of drug-likeness (QED) is 0.193. The van der Waals surface area contributed by atoms with Gasteiger partial charge in [0.05, 0.1) is 34.4 Å². The highest BCUT2D eigenvalue weighted by atomic mass is 127. The fourth-order valence-electron chi connectivity index (χ4n) is 3.21. The highest BCUT2D eigenvalue weighted by molar-refractivity contribution is 14.1. The second-order valence-electron chi connectivity index (χ2n) is 7.69. The van der Waals surface area contributed by atoms with Crippen molar-refractivity contribution in [3.05, 3.63) is 60.1 Å². The van der Waals surface area contributed by atoms with Crippen LogP contribution in [0.15, 0.2) is 44.7 Å². The molecule has 2 aromatic carbocycles. The zero-order valence-corrected chi connectivity index (χ0v) is 23.2. The summed E-state index contributed by atoms with van der Waals surface area (Å²) in [6.07, 6.45) is 0.782. The number of esters is 1. The lowest BCUT2D eigenvalue weighted by Crippen LogP contribution is -2.25. The Hall–Kier alpha value is -2.47. The van der Waals surface area contributed by atoms with Crippen LogP contribution in [0.25, 0.3) is 10.9 Å². The smallest absolute Gasteiger partial charge is 0.346 e. The predicted molar refractivity (Wildman–Crippen MR) is 143 cm³/mol. The van der Waals surface area contributed by atoms with E-state index in [1.165, 1.54) is 11.8 Å². The molecule has 0 bridgehead atoms. The van der Waals surface area contributed by atoms with E-state index >= 15 is 0 Å². The Balaban J connectivity index is 2.07. The van der Waals surface area contributed by atoms with Crippen LogP contribution in [0, 0.1) is 3.57 Å². The number of hydrogen-bond acceptors (Lipinski definition) is 7. The third-order valence-electron chi connectivity index (χ3n) is 4.83. The van der Waals surface area contributed by atoms with Crippen molar-refractivity contribution in [2.24, 2.45) is 5.10 Å². The van der Waals surface area contributed by atoms with Gasteiger partial charge in [-0.1, -0.05) is 29.8 Å². The maximum absolute atomic E-state index is 13.2. The molecule has 0 saturated carbocycles. The lowest BCUT2D eigenvalue weighted by Gasteiger charge is -2.18. The van der Waals surface area contributed by atoms with Gasteiger partial charge in [0.1, 0.15) is 5.82 Å². The Morgan fingerprint density at radius 2 is 2.00 bits per heavy atom. The van der Waals surface area contributed by atoms with Gasteiger partial charge in [-0.25, -0.2) is 9.78 Å². The van der Waals surface area contributed by atoms with Crippen LogP contribution in [-0.4, -0.2) is 41.7 Å². The van der Waals surface area contributed by atoms with Crippen molar-refractivity contribution in [2.75, 3.05) is 13.7 Å². The largest absolute Gasteiger partial charge is 0.490 e. The second kappa shape index (κ2) is 11.3. The third-order valence-corrected chi connectivity index (χ3v) is 6.13. The summed E-state index contributed by atoms with van der Waals surface area (Å²) in [6, 6.07) is 8.99. The second-order valence-corrected chi connectivity index (χ2v) is 9.77. The van der Waals surface area contributed by atoms with E-state index in [0.717, 1.165) is 8.04 Å². The molecule has 0 unspecified atom stereocenters.